The van der Waals surface area contributed by atoms with Gasteiger partial charge in [0.25, 0.3) is 0 Å². The highest BCUT2D eigenvalue weighted by Crippen LogP contribution is 2.25. The van der Waals surface area contributed by atoms with E-state index in [2.05, 4.69) is 26.3 Å². The molecule has 0 bridgehead atoms. The van der Waals surface area contributed by atoms with Crippen molar-refractivity contribution in [1.82, 2.24) is 0 Å². The van der Waals surface area contributed by atoms with E-state index in [1.54, 1.807) is 0 Å². The summed E-state index contributed by atoms with van der Waals surface area (Å²) in [6.07, 6.45) is 3.71. The van der Waals surface area contributed by atoms with Crippen LogP contribution in [-0.2, 0) is 14.4 Å². The average molecular weight is 204 g/mol. The predicted octanol–water partition coefficient (Wildman–Crippen LogP) is 1.42. The molecule has 0 spiro atoms. The highest BCUT2D eigenvalue weighted by atomic mass is 16.2. The van der Waals surface area contributed by atoms with Crippen LogP contribution in [0.3, 0.4) is 0 Å². The Kier molecular flexibility index (Phi) is 4.33. The Morgan fingerprint density at radius 3 is 1.13 bits per heavy atom. The second kappa shape index (κ2) is 5.00. The van der Waals surface area contributed by atoms with Gasteiger partial charge in [0.2, 0.25) is 0 Å². The summed E-state index contributed by atoms with van der Waals surface area (Å²) in [5.74, 6) is -2.19. The third kappa shape index (κ3) is 1.91. The highest BCUT2D eigenvalue weighted by Gasteiger charge is 2.45. The zero-order valence-corrected chi connectivity index (χ0v) is 8.36. The fourth-order valence-corrected chi connectivity index (χ4v) is 1.15. The zero-order chi connectivity index (χ0) is 12.1. The van der Waals surface area contributed by atoms with Crippen LogP contribution in [0.15, 0.2) is 50.6 Å². The van der Waals surface area contributed by atoms with Gasteiger partial charge in [0.15, 0.2) is 22.8 Å². The monoisotopic (exact) mass is 204 g/mol. The summed E-state index contributed by atoms with van der Waals surface area (Å²) in [7, 11) is 0. The molecule has 0 amide bonds. The van der Waals surface area contributed by atoms with Gasteiger partial charge in [0.05, 0.1) is 0 Å². The number of allylic oxidation sites excluding steroid dienone is 4. The van der Waals surface area contributed by atoms with Crippen molar-refractivity contribution in [3.63, 3.8) is 0 Å². The number of ketones is 3. The molecule has 0 rings (SSSR count). The summed E-state index contributed by atoms with van der Waals surface area (Å²) < 4.78 is 0. The maximum absolute atomic E-state index is 11.5. The number of rotatable bonds is 7. The molecule has 0 saturated heterocycles. The molecule has 0 radical (unpaired) electrons. The van der Waals surface area contributed by atoms with Crippen molar-refractivity contribution in [2.45, 2.75) is 0 Å². The van der Waals surface area contributed by atoms with Crippen LogP contribution in [0, 0.1) is 5.41 Å². The van der Waals surface area contributed by atoms with Gasteiger partial charge in [-0.15, -0.1) is 6.58 Å². The normalized spacial score (nSPS) is 9.87. The molecule has 0 saturated carbocycles. The van der Waals surface area contributed by atoms with E-state index in [9.17, 15) is 14.4 Å². The van der Waals surface area contributed by atoms with E-state index in [0.29, 0.717) is 0 Å². The minimum Gasteiger partial charge on any atom is -0.293 e. The molecule has 15 heavy (non-hydrogen) atoms. The van der Waals surface area contributed by atoms with Crippen molar-refractivity contribution in [2.24, 2.45) is 5.41 Å². The van der Waals surface area contributed by atoms with E-state index in [1.165, 1.54) is 0 Å². The first-order valence-electron chi connectivity index (χ1n) is 4.15. The van der Waals surface area contributed by atoms with Crippen LogP contribution in [-0.4, -0.2) is 17.3 Å². The molecular formula is C12H12O3. The molecule has 0 fully saturated rings. The first kappa shape index (κ1) is 13.0. The van der Waals surface area contributed by atoms with Crippen molar-refractivity contribution in [1.29, 1.82) is 0 Å². The van der Waals surface area contributed by atoms with Crippen LogP contribution in [0.2, 0.25) is 0 Å². The van der Waals surface area contributed by atoms with E-state index in [1.807, 2.05) is 0 Å². The van der Waals surface area contributed by atoms with Crippen LogP contribution >= 0.6 is 0 Å². The molecule has 0 aromatic rings. The van der Waals surface area contributed by atoms with Gasteiger partial charge in [0.1, 0.15) is 0 Å². The third-order valence-corrected chi connectivity index (χ3v) is 2.03. The van der Waals surface area contributed by atoms with E-state index in [4.69, 9.17) is 0 Å². The van der Waals surface area contributed by atoms with Crippen LogP contribution in [0.1, 0.15) is 0 Å². The Hall–Kier alpha value is -2.03. The maximum Gasteiger partial charge on any atom is 0.180 e. The van der Waals surface area contributed by atoms with Gasteiger partial charge in [-0.1, -0.05) is 25.8 Å². The Bertz CT molecular complexity index is 311. The lowest BCUT2D eigenvalue weighted by Gasteiger charge is -2.21. The van der Waals surface area contributed by atoms with E-state index in [-0.39, 0.29) is 0 Å². The lowest BCUT2D eigenvalue weighted by Crippen LogP contribution is -2.42. The summed E-state index contributed by atoms with van der Waals surface area (Å²) in [4.78, 5) is 34.6. The zero-order valence-electron chi connectivity index (χ0n) is 8.36. The molecule has 0 aliphatic heterocycles. The van der Waals surface area contributed by atoms with Gasteiger partial charge in [0, 0.05) is 0 Å². The Labute approximate surface area is 88.5 Å². The summed E-state index contributed by atoms with van der Waals surface area (Å²) in [6, 6.07) is 0. The topological polar surface area (TPSA) is 51.2 Å². The third-order valence-electron chi connectivity index (χ3n) is 2.03. The van der Waals surface area contributed by atoms with Crippen molar-refractivity contribution < 1.29 is 14.4 Å². The molecule has 0 aromatic heterocycles. The average Bonchev–Trinajstić information content (AvgIpc) is 2.29. The van der Waals surface area contributed by atoms with E-state index >= 15 is 0 Å². The second-order valence-electron chi connectivity index (χ2n) is 2.72. The quantitative estimate of drug-likeness (QED) is 0.358. The SMILES string of the molecule is C=CC(=O)C(C=C)(C(=O)C=C)C(=O)C=C. The van der Waals surface area contributed by atoms with Crippen molar-refractivity contribution in [2.75, 3.05) is 0 Å². The molecule has 0 N–H and O–H groups in total. The summed E-state index contributed by atoms with van der Waals surface area (Å²) in [6.45, 7) is 13.0. The fraction of sp³-hybridized carbons (Fsp3) is 0.0833. The molecule has 3 nitrogen and oxygen atoms in total. The van der Waals surface area contributed by atoms with Gasteiger partial charge < -0.3 is 0 Å². The minimum atomic E-state index is -1.94. The Morgan fingerprint density at radius 2 is 1.00 bits per heavy atom. The van der Waals surface area contributed by atoms with E-state index in [0.717, 1.165) is 24.3 Å². The number of carbonyl (C=O) groups excluding carboxylic acids is 3. The number of hydrogen-bond donors (Lipinski definition) is 0. The van der Waals surface area contributed by atoms with Gasteiger partial charge in [-0.3, -0.25) is 14.4 Å². The number of hydrogen-bond acceptors (Lipinski definition) is 3. The lowest BCUT2D eigenvalue weighted by molar-refractivity contribution is -0.139. The van der Waals surface area contributed by atoms with Gasteiger partial charge in [-0.25, -0.2) is 0 Å². The Morgan fingerprint density at radius 1 is 0.733 bits per heavy atom. The second-order valence-corrected chi connectivity index (χ2v) is 2.72. The summed E-state index contributed by atoms with van der Waals surface area (Å²) >= 11 is 0. The molecule has 0 aliphatic carbocycles. The molecule has 78 valence electrons. The van der Waals surface area contributed by atoms with Gasteiger partial charge >= 0.3 is 0 Å². The summed E-state index contributed by atoms with van der Waals surface area (Å²) in [5.41, 5.74) is -1.94. The minimum absolute atomic E-state index is 0.729. The number of carbonyl (C=O) groups is 3. The Balaban J connectivity index is 5.80. The van der Waals surface area contributed by atoms with Crippen molar-refractivity contribution in [3.8, 4) is 0 Å². The van der Waals surface area contributed by atoms with Gasteiger partial charge in [-0.2, -0.15) is 0 Å². The predicted molar refractivity (Wildman–Crippen MR) is 58.2 cm³/mol. The first-order chi connectivity index (χ1) is 7.00. The van der Waals surface area contributed by atoms with Crippen LogP contribution < -0.4 is 0 Å². The van der Waals surface area contributed by atoms with Crippen LogP contribution in [0.4, 0.5) is 0 Å². The van der Waals surface area contributed by atoms with Crippen molar-refractivity contribution in [3.05, 3.63) is 50.6 Å². The highest BCUT2D eigenvalue weighted by molar-refractivity contribution is 6.33. The largest absolute Gasteiger partial charge is 0.293 e. The molecule has 0 aliphatic rings. The van der Waals surface area contributed by atoms with Crippen molar-refractivity contribution >= 4 is 17.3 Å². The van der Waals surface area contributed by atoms with Crippen LogP contribution in [0.5, 0.6) is 0 Å². The molecule has 3 heteroatoms. The first-order valence-corrected chi connectivity index (χ1v) is 4.15. The lowest BCUT2D eigenvalue weighted by atomic mass is 9.75. The van der Waals surface area contributed by atoms with E-state index < -0.39 is 22.8 Å². The fourth-order valence-electron chi connectivity index (χ4n) is 1.15. The molecular weight excluding hydrogens is 192 g/mol. The smallest absolute Gasteiger partial charge is 0.180 e. The molecule has 0 aromatic carbocycles. The summed E-state index contributed by atoms with van der Waals surface area (Å²) in [5, 5.41) is 0. The molecule has 0 atom stereocenters. The molecule has 0 heterocycles. The maximum atomic E-state index is 11.5. The molecule has 0 unspecified atom stereocenters. The van der Waals surface area contributed by atoms with Gasteiger partial charge in [-0.05, 0) is 18.2 Å². The van der Waals surface area contributed by atoms with Crippen LogP contribution in [0.25, 0.3) is 0 Å². The standard InChI is InChI=1S/C12H12O3/c1-5-9(13)12(8-4,10(14)6-2)11(15)7-3/h5-8H,1-4H2.